The molecule has 0 aromatic carbocycles. The Labute approximate surface area is 106 Å². The Morgan fingerprint density at radius 2 is 2.00 bits per heavy atom. The minimum absolute atomic E-state index is 0.469. The lowest BCUT2D eigenvalue weighted by atomic mass is 10.2. The van der Waals surface area contributed by atoms with Crippen molar-refractivity contribution in [1.29, 1.82) is 0 Å². The molecular weight excluding hydrogens is 216 g/mol. The molecule has 4 nitrogen and oxygen atoms in total. The fourth-order valence-corrected chi connectivity index (χ4v) is 1.98. The van der Waals surface area contributed by atoms with Gasteiger partial charge in [0.15, 0.2) is 0 Å². The van der Waals surface area contributed by atoms with Gasteiger partial charge in [-0.2, -0.15) is 0 Å². The molecule has 1 unspecified atom stereocenters. The Kier molecular flexibility index (Phi) is 7.77. The molecule has 4 heteroatoms. The van der Waals surface area contributed by atoms with Gasteiger partial charge in [0.05, 0.1) is 13.2 Å². The topological polar surface area (TPSA) is 33.7 Å². The molecule has 0 spiro atoms. The first kappa shape index (κ1) is 14.9. The second kappa shape index (κ2) is 8.86. The van der Waals surface area contributed by atoms with E-state index < -0.39 is 0 Å². The summed E-state index contributed by atoms with van der Waals surface area (Å²) in [6.07, 6.45) is 3.94. The molecule has 1 aliphatic rings. The van der Waals surface area contributed by atoms with Gasteiger partial charge >= 0.3 is 0 Å². The number of nitrogens with zero attached hydrogens (tertiary/aromatic N) is 1. The third-order valence-corrected chi connectivity index (χ3v) is 3.25. The van der Waals surface area contributed by atoms with Crippen LogP contribution < -0.4 is 5.32 Å². The fourth-order valence-electron chi connectivity index (χ4n) is 1.98. The van der Waals surface area contributed by atoms with Crippen LogP contribution in [0.25, 0.3) is 0 Å². The highest BCUT2D eigenvalue weighted by molar-refractivity contribution is 4.80. The first-order valence-electron chi connectivity index (χ1n) is 6.73. The van der Waals surface area contributed by atoms with Crippen LogP contribution in [0.1, 0.15) is 26.2 Å². The van der Waals surface area contributed by atoms with Crippen molar-refractivity contribution in [3.8, 4) is 0 Å². The zero-order chi connectivity index (χ0) is 12.5. The molecule has 1 aliphatic carbocycles. The maximum atomic E-state index is 5.22. The van der Waals surface area contributed by atoms with Gasteiger partial charge in [0, 0.05) is 32.8 Å². The number of methoxy groups -OCH3 is 2. The number of hydrogen-bond donors (Lipinski definition) is 1. The van der Waals surface area contributed by atoms with E-state index in [1.165, 1.54) is 19.3 Å². The third kappa shape index (κ3) is 6.99. The van der Waals surface area contributed by atoms with Gasteiger partial charge in [0.2, 0.25) is 0 Å². The average molecular weight is 244 g/mol. The van der Waals surface area contributed by atoms with Crippen molar-refractivity contribution in [3.63, 3.8) is 0 Å². The van der Waals surface area contributed by atoms with Crippen molar-refractivity contribution in [1.82, 2.24) is 10.2 Å². The summed E-state index contributed by atoms with van der Waals surface area (Å²) in [5, 5.41) is 3.55. The largest absolute Gasteiger partial charge is 0.383 e. The molecule has 1 atom stereocenters. The minimum atomic E-state index is 0.469. The van der Waals surface area contributed by atoms with Crippen molar-refractivity contribution in [2.45, 2.75) is 38.3 Å². The summed E-state index contributed by atoms with van der Waals surface area (Å²) in [6, 6.07) is 1.29. The molecule has 1 rings (SSSR count). The van der Waals surface area contributed by atoms with Gasteiger partial charge in [-0.15, -0.1) is 0 Å². The van der Waals surface area contributed by atoms with Crippen molar-refractivity contribution in [3.05, 3.63) is 0 Å². The van der Waals surface area contributed by atoms with Crippen LogP contribution in [0.15, 0.2) is 0 Å². The molecule has 1 saturated carbocycles. The predicted octanol–water partition coefficient (Wildman–Crippen LogP) is 1.11. The van der Waals surface area contributed by atoms with Crippen molar-refractivity contribution in [2.75, 3.05) is 47.1 Å². The van der Waals surface area contributed by atoms with Crippen LogP contribution in [0, 0.1) is 0 Å². The number of ether oxygens (including phenoxy) is 2. The van der Waals surface area contributed by atoms with E-state index in [1.54, 1.807) is 14.2 Å². The molecule has 0 heterocycles. The van der Waals surface area contributed by atoms with Crippen LogP contribution >= 0.6 is 0 Å². The number of hydrogen-bond acceptors (Lipinski definition) is 4. The smallest absolute Gasteiger partial charge is 0.0615 e. The van der Waals surface area contributed by atoms with Crippen LogP contribution in [-0.4, -0.2) is 64.1 Å². The maximum Gasteiger partial charge on any atom is 0.0615 e. The van der Waals surface area contributed by atoms with Crippen molar-refractivity contribution < 1.29 is 9.47 Å². The zero-order valence-corrected chi connectivity index (χ0v) is 11.6. The first-order chi connectivity index (χ1) is 8.27. The second-order valence-electron chi connectivity index (χ2n) is 4.92. The van der Waals surface area contributed by atoms with E-state index in [2.05, 4.69) is 17.1 Å². The summed E-state index contributed by atoms with van der Waals surface area (Å²) in [7, 11) is 3.52. The van der Waals surface area contributed by atoms with E-state index in [4.69, 9.17) is 9.47 Å². The molecule has 1 fully saturated rings. The van der Waals surface area contributed by atoms with Crippen molar-refractivity contribution >= 4 is 0 Å². The molecule has 0 bridgehead atoms. The molecule has 0 saturated heterocycles. The maximum absolute atomic E-state index is 5.22. The molecule has 0 amide bonds. The highest BCUT2D eigenvalue weighted by atomic mass is 16.5. The first-order valence-corrected chi connectivity index (χ1v) is 6.73. The Hall–Kier alpha value is -0.160. The Balaban J connectivity index is 2.12. The molecule has 17 heavy (non-hydrogen) atoms. The fraction of sp³-hybridized carbons (Fsp3) is 1.00. The van der Waals surface area contributed by atoms with Crippen LogP contribution in [-0.2, 0) is 9.47 Å². The summed E-state index contributed by atoms with van der Waals surface area (Å²) in [5.74, 6) is 0. The van der Waals surface area contributed by atoms with Gasteiger partial charge in [-0.05, 0) is 39.3 Å². The number of rotatable bonds is 11. The van der Waals surface area contributed by atoms with Crippen LogP contribution in [0.5, 0.6) is 0 Å². The van der Waals surface area contributed by atoms with E-state index in [0.29, 0.717) is 6.04 Å². The quantitative estimate of drug-likeness (QED) is 0.552. The van der Waals surface area contributed by atoms with Gasteiger partial charge in [-0.1, -0.05) is 0 Å². The molecule has 1 N–H and O–H groups in total. The van der Waals surface area contributed by atoms with Crippen LogP contribution in [0.2, 0.25) is 0 Å². The van der Waals surface area contributed by atoms with Gasteiger partial charge in [0.1, 0.15) is 0 Å². The van der Waals surface area contributed by atoms with E-state index in [-0.39, 0.29) is 0 Å². The second-order valence-corrected chi connectivity index (χ2v) is 4.92. The van der Waals surface area contributed by atoms with Gasteiger partial charge in [-0.3, -0.25) is 4.90 Å². The van der Waals surface area contributed by atoms with Crippen molar-refractivity contribution in [2.24, 2.45) is 0 Å². The van der Waals surface area contributed by atoms with E-state index in [9.17, 15) is 0 Å². The number of nitrogens with one attached hydrogen (secondary N) is 1. The van der Waals surface area contributed by atoms with Gasteiger partial charge < -0.3 is 14.8 Å². The van der Waals surface area contributed by atoms with Crippen LogP contribution in [0.3, 0.4) is 0 Å². The van der Waals surface area contributed by atoms with E-state index in [1.807, 2.05) is 0 Å². The molecular formula is C13H28N2O2. The SMILES string of the molecule is COCCN(CCCNC1CC1)C(C)COC. The molecule has 102 valence electrons. The molecule has 0 aromatic rings. The third-order valence-electron chi connectivity index (χ3n) is 3.25. The summed E-state index contributed by atoms with van der Waals surface area (Å²) in [4.78, 5) is 2.45. The predicted molar refractivity (Wildman–Crippen MR) is 70.4 cm³/mol. The lowest BCUT2D eigenvalue weighted by Gasteiger charge is -2.28. The van der Waals surface area contributed by atoms with Gasteiger partial charge in [-0.25, -0.2) is 0 Å². The minimum Gasteiger partial charge on any atom is -0.383 e. The molecule has 0 aromatic heterocycles. The average Bonchev–Trinajstić information content (AvgIpc) is 3.12. The highest BCUT2D eigenvalue weighted by Gasteiger charge is 2.20. The monoisotopic (exact) mass is 244 g/mol. The Morgan fingerprint density at radius 1 is 1.24 bits per heavy atom. The van der Waals surface area contributed by atoms with Gasteiger partial charge in [0.25, 0.3) is 0 Å². The van der Waals surface area contributed by atoms with E-state index >= 15 is 0 Å². The molecule has 0 radical (unpaired) electrons. The standard InChI is InChI=1S/C13H28N2O2/c1-12(11-17-3)15(9-10-16-2)8-4-7-14-13-5-6-13/h12-14H,4-11H2,1-3H3. The Morgan fingerprint density at radius 3 is 2.59 bits per heavy atom. The van der Waals surface area contributed by atoms with E-state index in [0.717, 1.165) is 38.9 Å². The highest BCUT2D eigenvalue weighted by Crippen LogP contribution is 2.18. The summed E-state index contributed by atoms with van der Waals surface area (Å²) in [5.41, 5.74) is 0. The molecule has 0 aliphatic heterocycles. The lowest BCUT2D eigenvalue weighted by molar-refractivity contribution is 0.0744. The lowest BCUT2D eigenvalue weighted by Crippen LogP contribution is -2.40. The Bertz CT molecular complexity index is 186. The summed E-state index contributed by atoms with van der Waals surface area (Å²) < 4.78 is 10.4. The summed E-state index contributed by atoms with van der Waals surface area (Å²) in [6.45, 7) is 7.04. The van der Waals surface area contributed by atoms with Crippen LogP contribution in [0.4, 0.5) is 0 Å². The normalized spacial score (nSPS) is 17.6. The summed E-state index contributed by atoms with van der Waals surface area (Å²) >= 11 is 0. The zero-order valence-electron chi connectivity index (χ0n) is 11.6.